The molecule has 124 valence electrons. The second-order valence-electron chi connectivity index (χ2n) is 6.29. The molecule has 0 unspecified atom stereocenters. The summed E-state index contributed by atoms with van der Waals surface area (Å²) in [4.78, 5) is 4.62. The van der Waals surface area contributed by atoms with Crippen LogP contribution < -0.4 is 10.6 Å². The minimum Gasteiger partial charge on any atom is -0.357 e. The Morgan fingerprint density at radius 3 is 2.82 bits per heavy atom. The van der Waals surface area contributed by atoms with E-state index in [1.54, 1.807) is 0 Å². The minimum atomic E-state index is 0.672. The van der Waals surface area contributed by atoms with Gasteiger partial charge in [0.2, 0.25) is 0 Å². The Morgan fingerprint density at radius 2 is 2.14 bits per heavy atom. The zero-order valence-electron chi connectivity index (χ0n) is 14.1. The maximum Gasteiger partial charge on any atom is 0.191 e. The normalized spacial score (nSPS) is 16.7. The molecule has 2 rings (SSSR count). The molecule has 1 fully saturated rings. The predicted molar refractivity (Wildman–Crippen MR) is 91.8 cm³/mol. The van der Waals surface area contributed by atoms with Crippen LogP contribution in [0.15, 0.2) is 17.4 Å². The van der Waals surface area contributed by atoms with Gasteiger partial charge in [0.25, 0.3) is 0 Å². The number of hydrogen-bond donors (Lipinski definition) is 2. The lowest BCUT2D eigenvalue weighted by atomic mass is 9.86. The summed E-state index contributed by atoms with van der Waals surface area (Å²) in [6, 6.07) is 0. The van der Waals surface area contributed by atoms with Crippen molar-refractivity contribution in [3.63, 3.8) is 0 Å². The molecule has 0 radical (unpaired) electrons. The summed E-state index contributed by atoms with van der Waals surface area (Å²) >= 11 is 0. The third kappa shape index (κ3) is 6.08. The van der Waals surface area contributed by atoms with Crippen molar-refractivity contribution >= 4 is 5.96 Å². The molecule has 5 nitrogen and oxygen atoms in total. The van der Waals surface area contributed by atoms with Crippen LogP contribution in [-0.2, 0) is 13.6 Å². The molecule has 0 spiro atoms. The number of aliphatic imine (C=N–C) groups is 1. The summed E-state index contributed by atoms with van der Waals surface area (Å²) in [7, 11) is 1.93. The molecule has 22 heavy (non-hydrogen) atoms. The smallest absolute Gasteiger partial charge is 0.191 e. The van der Waals surface area contributed by atoms with Gasteiger partial charge in [-0.3, -0.25) is 4.68 Å². The highest BCUT2D eigenvalue weighted by Crippen LogP contribution is 2.26. The van der Waals surface area contributed by atoms with Crippen molar-refractivity contribution in [2.75, 3.05) is 13.1 Å². The van der Waals surface area contributed by atoms with Crippen LogP contribution in [0.2, 0.25) is 0 Å². The number of aromatic nitrogens is 2. The monoisotopic (exact) mass is 305 g/mol. The molecule has 0 amide bonds. The summed E-state index contributed by atoms with van der Waals surface area (Å²) < 4.78 is 1.81. The van der Waals surface area contributed by atoms with Crippen LogP contribution in [0.5, 0.6) is 0 Å². The van der Waals surface area contributed by atoms with Gasteiger partial charge in [0.15, 0.2) is 5.96 Å². The fraction of sp³-hybridized carbons (Fsp3) is 0.765. The zero-order chi connectivity index (χ0) is 15.6. The Hall–Kier alpha value is -1.52. The molecule has 1 aliphatic rings. The Kier molecular flexibility index (Phi) is 7.26. The second-order valence-corrected chi connectivity index (χ2v) is 6.29. The van der Waals surface area contributed by atoms with Crippen LogP contribution in [0.4, 0.5) is 0 Å². The van der Waals surface area contributed by atoms with Gasteiger partial charge in [-0.2, -0.15) is 5.10 Å². The summed E-state index contributed by atoms with van der Waals surface area (Å²) in [6.45, 7) is 4.67. The van der Waals surface area contributed by atoms with E-state index in [0.29, 0.717) is 6.54 Å². The third-order valence-electron chi connectivity index (χ3n) is 4.33. The van der Waals surface area contributed by atoms with E-state index in [4.69, 9.17) is 0 Å². The summed E-state index contributed by atoms with van der Waals surface area (Å²) in [5.74, 6) is 1.88. The number of nitrogens with zero attached hydrogens (tertiary/aromatic N) is 3. The van der Waals surface area contributed by atoms with Crippen molar-refractivity contribution in [1.29, 1.82) is 0 Å². The molecular weight excluding hydrogens is 274 g/mol. The molecule has 1 saturated carbocycles. The van der Waals surface area contributed by atoms with Gasteiger partial charge in [-0.05, 0) is 25.7 Å². The Balaban J connectivity index is 1.68. The number of guanidine groups is 1. The van der Waals surface area contributed by atoms with E-state index in [1.807, 2.05) is 24.1 Å². The maximum atomic E-state index is 4.62. The molecule has 2 N–H and O–H groups in total. The summed E-state index contributed by atoms with van der Waals surface area (Å²) in [6.07, 6.45) is 13.7. The van der Waals surface area contributed by atoms with Crippen LogP contribution in [0.1, 0.15) is 57.4 Å². The highest BCUT2D eigenvalue weighted by atomic mass is 15.2. The molecular formula is C17H31N5. The first-order valence-electron chi connectivity index (χ1n) is 8.77. The number of aryl methyl sites for hydroxylation is 1. The van der Waals surface area contributed by atoms with Gasteiger partial charge in [0.05, 0.1) is 12.7 Å². The van der Waals surface area contributed by atoms with Crippen LogP contribution in [0, 0.1) is 5.92 Å². The first-order chi connectivity index (χ1) is 10.8. The van der Waals surface area contributed by atoms with Crippen molar-refractivity contribution in [2.24, 2.45) is 18.0 Å². The molecule has 1 heterocycles. The second kappa shape index (κ2) is 9.49. The van der Waals surface area contributed by atoms with Gasteiger partial charge in [0, 0.05) is 31.9 Å². The van der Waals surface area contributed by atoms with E-state index in [0.717, 1.165) is 30.5 Å². The largest absolute Gasteiger partial charge is 0.357 e. The van der Waals surface area contributed by atoms with Crippen LogP contribution in [0.3, 0.4) is 0 Å². The lowest BCUT2D eigenvalue weighted by Gasteiger charge is -2.21. The molecule has 0 aliphatic heterocycles. The van der Waals surface area contributed by atoms with Gasteiger partial charge in [0.1, 0.15) is 0 Å². The first kappa shape index (κ1) is 16.8. The van der Waals surface area contributed by atoms with E-state index >= 15 is 0 Å². The lowest BCUT2D eigenvalue weighted by molar-refractivity contribution is 0.332. The van der Waals surface area contributed by atoms with Crippen molar-refractivity contribution in [3.8, 4) is 0 Å². The van der Waals surface area contributed by atoms with Gasteiger partial charge in [-0.25, -0.2) is 4.99 Å². The first-order valence-corrected chi connectivity index (χ1v) is 8.77. The van der Waals surface area contributed by atoms with Crippen LogP contribution >= 0.6 is 0 Å². The van der Waals surface area contributed by atoms with Gasteiger partial charge >= 0.3 is 0 Å². The molecule has 5 heteroatoms. The van der Waals surface area contributed by atoms with E-state index < -0.39 is 0 Å². The van der Waals surface area contributed by atoms with Gasteiger partial charge < -0.3 is 10.6 Å². The average Bonchev–Trinajstić information content (AvgIpc) is 2.95. The van der Waals surface area contributed by atoms with Crippen LogP contribution in [-0.4, -0.2) is 28.8 Å². The molecule has 0 saturated heterocycles. The SMILES string of the molecule is CCNC(=NCc1cnn(C)c1)NCCCC1CCCCC1. The predicted octanol–water partition coefficient (Wildman–Crippen LogP) is 2.84. The van der Waals surface area contributed by atoms with Gasteiger partial charge in [-0.15, -0.1) is 0 Å². The average molecular weight is 305 g/mol. The Bertz CT molecular complexity index is 446. The Morgan fingerprint density at radius 1 is 1.32 bits per heavy atom. The fourth-order valence-electron chi connectivity index (χ4n) is 3.14. The van der Waals surface area contributed by atoms with E-state index in [-0.39, 0.29) is 0 Å². The van der Waals surface area contributed by atoms with Gasteiger partial charge in [-0.1, -0.05) is 32.1 Å². The maximum absolute atomic E-state index is 4.62. The zero-order valence-corrected chi connectivity index (χ0v) is 14.1. The van der Waals surface area contributed by atoms with E-state index in [9.17, 15) is 0 Å². The van der Waals surface area contributed by atoms with Crippen molar-refractivity contribution < 1.29 is 0 Å². The van der Waals surface area contributed by atoms with Crippen molar-refractivity contribution in [2.45, 2.75) is 58.4 Å². The molecule has 1 aromatic heterocycles. The molecule has 1 aromatic rings. The lowest BCUT2D eigenvalue weighted by Crippen LogP contribution is -2.37. The number of hydrogen-bond acceptors (Lipinski definition) is 2. The summed E-state index contributed by atoms with van der Waals surface area (Å²) in [5.41, 5.74) is 1.14. The standard InChI is InChI=1S/C17H31N5/c1-3-18-17(20-12-16-13-21-22(2)14-16)19-11-7-10-15-8-5-4-6-9-15/h13-15H,3-12H2,1-2H3,(H2,18,19,20). The quantitative estimate of drug-likeness (QED) is 0.463. The topological polar surface area (TPSA) is 54.2 Å². The minimum absolute atomic E-state index is 0.672. The van der Waals surface area contributed by atoms with Crippen LogP contribution in [0.25, 0.3) is 0 Å². The molecule has 0 atom stereocenters. The van der Waals surface area contributed by atoms with E-state index in [1.165, 1.54) is 44.9 Å². The third-order valence-corrected chi connectivity index (χ3v) is 4.33. The molecule has 0 bridgehead atoms. The van der Waals surface area contributed by atoms with E-state index in [2.05, 4.69) is 27.6 Å². The number of rotatable bonds is 7. The summed E-state index contributed by atoms with van der Waals surface area (Å²) in [5, 5.41) is 10.9. The highest BCUT2D eigenvalue weighted by molar-refractivity contribution is 5.79. The van der Waals surface area contributed by atoms with Crippen molar-refractivity contribution in [1.82, 2.24) is 20.4 Å². The number of nitrogens with one attached hydrogen (secondary N) is 2. The highest BCUT2D eigenvalue weighted by Gasteiger charge is 2.12. The molecule has 1 aliphatic carbocycles. The fourth-order valence-corrected chi connectivity index (χ4v) is 3.14. The Labute approximate surface area is 134 Å². The molecule has 0 aromatic carbocycles. The van der Waals surface area contributed by atoms with Crippen molar-refractivity contribution in [3.05, 3.63) is 18.0 Å².